The zero-order chi connectivity index (χ0) is 15.9. The van der Waals surface area contributed by atoms with Gasteiger partial charge in [-0.15, -0.1) is 0 Å². The molecule has 116 valence electrons. The van der Waals surface area contributed by atoms with Crippen molar-refractivity contribution in [2.75, 3.05) is 11.4 Å². The number of carbonyl (C=O) groups is 1. The van der Waals surface area contributed by atoms with Gasteiger partial charge in [-0.25, -0.2) is 0 Å². The van der Waals surface area contributed by atoms with Crippen LogP contribution in [0.3, 0.4) is 0 Å². The number of nitrogens with one attached hydrogen (secondary N) is 1. The van der Waals surface area contributed by atoms with Crippen LogP contribution in [0.25, 0.3) is 0 Å². The number of nitrogens with zero attached hydrogens (tertiary/aromatic N) is 1. The lowest BCUT2D eigenvalue weighted by molar-refractivity contribution is -0.122. The highest BCUT2D eigenvalue weighted by atomic mass is 16.2. The lowest BCUT2D eigenvalue weighted by atomic mass is 10.1. The monoisotopic (exact) mass is 297 g/mol. The summed E-state index contributed by atoms with van der Waals surface area (Å²) in [4.78, 5) is 13.7. The van der Waals surface area contributed by atoms with E-state index in [0.29, 0.717) is 6.54 Å². The van der Waals surface area contributed by atoms with Crippen molar-refractivity contribution in [2.45, 2.75) is 26.4 Å². The fraction of sp³-hybridized carbons (Fsp3) is 0.278. The number of rotatable bonds is 6. The zero-order valence-corrected chi connectivity index (χ0v) is 13.1. The van der Waals surface area contributed by atoms with Gasteiger partial charge in [0.2, 0.25) is 5.91 Å². The van der Waals surface area contributed by atoms with Crippen LogP contribution >= 0.6 is 0 Å². The van der Waals surface area contributed by atoms with Crippen LogP contribution in [0.4, 0.5) is 11.4 Å². The molecular formula is C18H23N3O. The number of carbonyl (C=O) groups excluding carboxylic acids is 1. The van der Waals surface area contributed by atoms with Crippen LogP contribution < -0.4 is 16.0 Å². The lowest BCUT2D eigenvalue weighted by Crippen LogP contribution is -2.37. The Balaban J connectivity index is 2.06. The molecule has 0 aliphatic rings. The summed E-state index contributed by atoms with van der Waals surface area (Å²) >= 11 is 0. The van der Waals surface area contributed by atoms with E-state index in [1.165, 1.54) is 5.69 Å². The third-order valence-electron chi connectivity index (χ3n) is 3.51. The minimum absolute atomic E-state index is 0.136. The number of amides is 1. The first-order valence-corrected chi connectivity index (χ1v) is 7.56. The van der Waals surface area contributed by atoms with Crippen molar-refractivity contribution in [3.63, 3.8) is 0 Å². The Bertz CT molecular complexity index is 593. The first kappa shape index (κ1) is 16.0. The molecule has 0 aromatic heterocycles. The molecule has 0 spiro atoms. The molecule has 0 unspecified atom stereocenters. The van der Waals surface area contributed by atoms with E-state index >= 15 is 0 Å². The summed E-state index contributed by atoms with van der Waals surface area (Å²) in [6, 6.07) is 18.0. The Morgan fingerprint density at radius 2 is 1.68 bits per heavy atom. The van der Waals surface area contributed by atoms with Gasteiger partial charge < -0.3 is 16.0 Å². The van der Waals surface area contributed by atoms with Crippen molar-refractivity contribution >= 4 is 17.3 Å². The van der Waals surface area contributed by atoms with Gasteiger partial charge in [0.1, 0.15) is 0 Å². The van der Waals surface area contributed by atoms with Crippen molar-refractivity contribution in [1.29, 1.82) is 0 Å². The largest absolute Gasteiger partial charge is 0.351 e. The number of anilines is 2. The number of para-hydroxylation sites is 1. The Labute approximate surface area is 131 Å². The van der Waals surface area contributed by atoms with E-state index in [1.54, 1.807) is 6.92 Å². The Morgan fingerprint density at radius 3 is 2.23 bits per heavy atom. The highest BCUT2D eigenvalue weighted by molar-refractivity contribution is 5.80. The first-order chi connectivity index (χ1) is 10.6. The maximum absolute atomic E-state index is 11.5. The van der Waals surface area contributed by atoms with E-state index in [2.05, 4.69) is 41.4 Å². The third-order valence-corrected chi connectivity index (χ3v) is 3.51. The minimum Gasteiger partial charge on any atom is -0.351 e. The molecule has 2 aromatic rings. The van der Waals surface area contributed by atoms with E-state index in [1.807, 2.05) is 30.3 Å². The molecule has 0 saturated carbocycles. The molecule has 2 rings (SSSR count). The summed E-state index contributed by atoms with van der Waals surface area (Å²) in [5.41, 5.74) is 8.89. The lowest BCUT2D eigenvalue weighted by Gasteiger charge is -2.23. The number of hydrogen-bond acceptors (Lipinski definition) is 3. The Kier molecular flexibility index (Phi) is 5.55. The van der Waals surface area contributed by atoms with Crippen LogP contribution in [-0.2, 0) is 11.3 Å². The van der Waals surface area contributed by atoms with Crippen LogP contribution in [-0.4, -0.2) is 18.5 Å². The molecule has 1 amide bonds. The summed E-state index contributed by atoms with van der Waals surface area (Å²) in [5.74, 6) is -0.136. The zero-order valence-electron chi connectivity index (χ0n) is 13.1. The molecule has 0 heterocycles. The van der Waals surface area contributed by atoms with Crippen molar-refractivity contribution in [3.8, 4) is 0 Å². The second-order valence-corrected chi connectivity index (χ2v) is 5.25. The SMILES string of the molecule is CCN(c1ccccc1)c1ccc(CNC(=O)[C@@H](C)N)cc1. The fourth-order valence-corrected chi connectivity index (χ4v) is 2.27. The van der Waals surface area contributed by atoms with Gasteiger partial charge in [-0.1, -0.05) is 30.3 Å². The van der Waals surface area contributed by atoms with E-state index in [-0.39, 0.29) is 5.91 Å². The van der Waals surface area contributed by atoms with Gasteiger partial charge in [-0.2, -0.15) is 0 Å². The second kappa shape index (κ2) is 7.61. The van der Waals surface area contributed by atoms with Crippen molar-refractivity contribution in [3.05, 3.63) is 60.2 Å². The van der Waals surface area contributed by atoms with Gasteiger partial charge in [0, 0.05) is 24.5 Å². The quantitative estimate of drug-likeness (QED) is 0.862. The first-order valence-electron chi connectivity index (χ1n) is 7.56. The minimum atomic E-state index is -0.479. The standard InChI is InChI=1S/C18H23N3O/c1-3-21(16-7-5-4-6-8-16)17-11-9-15(10-12-17)13-20-18(22)14(2)19/h4-12,14H,3,13,19H2,1-2H3,(H,20,22)/t14-/m1/s1. The van der Waals surface area contributed by atoms with E-state index in [9.17, 15) is 4.79 Å². The summed E-state index contributed by atoms with van der Waals surface area (Å²) in [5, 5.41) is 2.82. The van der Waals surface area contributed by atoms with Crippen LogP contribution in [0.5, 0.6) is 0 Å². The van der Waals surface area contributed by atoms with Gasteiger partial charge in [-0.05, 0) is 43.7 Å². The van der Waals surface area contributed by atoms with E-state index in [0.717, 1.165) is 17.8 Å². The van der Waals surface area contributed by atoms with Gasteiger partial charge in [0.05, 0.1) is 6.04 Å². The normalized spacial score (nSPS) is 11.8. The predicted molar refractivity (Wildman–Crippen MR) is 91.1 cm³/mol. The Hall–Kier alpha value is -2.33. The van der Waals surface area contributed by atoms with Gasteiger partial charge >= 0.3 is 0 Å². The number of benzene rings is 2. The maximum atomic E-state index is 11.5. The molecule has 0 saturated heterocycles. The highest BCUT2D eigenvalue weighted by Gasteiger charge is 2.08. The highest BCUT2D eigenvalue weighted by Crippen LogP contribution is 2.24. The van der Waals surface area contributed by atoms with Crippen molar-refractivity contribution in [1.82, 2.24) is 5.32 Å². The molecular weight excluding hydrogens is 274 g/mol. The number of nitrogens with two attached hydrogens (primary N) is 1. The summed E-state index contributed by atoms with van der Waals surface area (Å²) in [6.07, 6.45) is 0. The maximum Gasteiger partial charge on any atom is 0.236 e. The summed E-state index contributed by atoms with van der Waals surface area (Å²) < 4.78 is 0. The Morgan fingerprint density at radius 1 is 1.09 bits per heavy atom. The van der Waals surface area contributed by atoms with Crippen molar-refractivity contribution < 1.29 is 4.79 Å². The van der Waals surface area contributed by atoms with Crippen molar-refractivity contribution in [2.24, 2.45) is 5.73 Å². The van der Waals surface area contributed by atoms with Gasteiger partial charge in [-0.3, -0.25) is 4.79 Å². The molecule has 4 nitrogen and oxygen atoms in total. The smallest absolute Gasteiger partial charge is 0.236 e. The average Bonchev–Trinajstić information content (AvgIpc) is 2.55. The molecule has 0 bridgehead atoms. The predicted octanol–water partition coefficient (Wildman–Crippen LogP) is 2.81. The van der Waals surface area contributed by atoms with Crippen LogP contribution in [0.2, 0.25) is 0 Å². The molecule has 0 fully saturated rings. The third kappa shape index (κ3) is 4.09. The molecule has 0 radical (unpaired) electrons. The molecule has 0 aliphatic heterocycles. The van der Waals surface area contributed by atoms with Gasteiger partial charge in [0.25, 0.3) is 0 Å². The summed E-state index contributed by atoms with van der Waals surface area (Å²) in [6.45, 7) is 5.20. The van der Waals surface area contributed by atoms with Crippen LogP contribution in [0.15, 0.2) is 54.6 Å². The number of hydrogen-bond donors (Lipinski definition) is 2. The average molecular weight is 297 g/mol. The summed E-state index contributed by atoms with van der Waals surface area (Å²) in [7, 11) is 0. The van der Waals surface area contributed by atoms with E-state index < -0.39 is 6.04 Å². The molecule has 2 aromatic carbocycles. The topological polar surface area (TPSA) is 58.4 Å². The molecule has 3 N–H and O–H groups in total. The molecule has 22 heavy (non-hydrogen) atoms. The van der Waals surface area contributed by atoms with Crippen LogP contribution in [0.1, 0.15) is 19.4 Å². The molecule has 1 atom stereocenters. The second-order valence-electron chi connectivity index (χ2n) is 5.25. The van der Waals surface area contributed by atoms with E-state index in [4.69, 9.17) is 5.73 Å². The van der Waals surface area contributed by atoms with Crippen LogP contribution in [0, 0.1) is 0 Å². The van der Waals surface area contributed by atoms with Gasteiger partial charge in [0.15, 0.2) is 0 Å². The fourth-order valence-electron chi connectivity index (χ4n) is 2.27. The molecule has 0 aliphatic carbocycles. The molecule has 4 heteroatoms.